The van der Waals surface area contributed by atoms with Gasteiger partial charge in [0.05, 0.1) is 37.6 Å². The zero-order valence-corrected chi connectivity index (χ0v) is 29.4. The number of aromatic nitrogens is 2. The molecule has 4 aliphatic rings. The Kier molecular flexibility index (Phi) is 11.8. The summed E-state index contributed by atoms with van der Waals surface area (Å²) in [6.07, 6.45) is 1.68. The summed E-state index contributed by atoms with van der Waals surface area (Å²) in [7, 11) is 1.14. The molecule has 1 aromatic heterocycles. The van der Waals surface area contributed by atoms with Crippen LogP contribution in [-0.2, 0) is 44.8 Å². The Hall–Kier alpha value is -3.14. The average Bonchev–Trinajstić information content (AvgIpc) is 3.70. The monoisotopic (exact) mass is 720 g/mol. The van der Waals surface area contributed by atoms with Gasteiger partial charge in [-0.15, -0.1) is 11.8 Å². The number of amides is 2. The predicted octanol–water partition coefficient (Wildman–Crippen LogP) is 3.65. The quantitative estimate of drug-likeness (QED) is 0.224. The minimum absolute atomic E-state index is 0.0376. The van der Waals surface area contributed by atoms with E-state index < -0.39 is 29.7 Å². The van der Waals surface area contributed by atoms with Gasteiger partial charge in [-0.3, -0.25) is 14.3 Å². The zero-order chi connectivity index (χ0) is 35.4. The fourth-order valence-corrected chi connectivity index (χ4v) is 8.90. The lowest BCUT2D eigenvalue weighted by Gasteiger charge is -2.37. The van der Waals surface area contributed by atoms with E-state index in [0.29, 0.717) is 48.5 Å². The third kappa shape index (κ3) is 8.48. The Balaban J connectivity index is 1.22. The largest absolute Gasteiger partial charge is 0.462 e. The summed E-state index contributed by atoms with van der Waals surface area (Å²) in [6.45, 7) is 5.81. The van der Waals surface area contributed by atoms with Crippen molar-refractivity contribution in [2.45, 2.75) is 87.7 Å². The standard InChI is InChI=1S/C35H47F3N6O5S/c1-49-34(48)33(47)42-17-11-29-27(23-42)32(24-7-8-28(35(36,37)38)30(20-24)50-19-18-40-12-3-2-4-13-40)39-44(29)22-26(45)21-41-15-9-25(10-16-41)43-14-5-6-31(43)46/h7-8,20,25-26,45H,2-6,9-19,21-23H2,1H3. The number of carbonyl (C=O) groups is 3. The number of fused-ring (bicyclic) bond motifs is 1. The topological polar surface area (TPSA) is 111 Å². The van der Waals surface area contributed by atoms with Crippen LogP contribution in [0.15, 0.2) is 23.1 Å². The summed E-state index contributed by atoms with van der Waals surface area (Å²) < 4.78 is 48.9. The molecule has 2 amide bonds. The first-order chi connectivity index (χ1) is 24.0. The second-order valence-electron chi connectivity index (χ2n) is 13.8. The minimum atomic E-state index is -4.53. The molecule has 0 bridgehead atoms. The number of benzene rings is 1. The number of aliphatic hydroxyl groups excluding tert-OH is 1. The molecule has 5 heterocycles. The van der Waals surface area contributed by atoms with Crippen molar-refractivity contribution in [2.75, 3.05) is 65.2 Å². The number of rotatable bonds is 10. The van der Waals surface area contributed by atoms with Gasteiger partial charge in [0.25, 0.3) is 0 Å². The van der Waals surface area contributed by atoms with Crippen molar-refractivity contribution in [1.82, 2.24) is 29.4 Å². The molecule has 4 aliphatic heterocycles. The smallest absolute Gasteiger partial charge is 0.417 e. The van der Waals surface area contributed by atoms with Crippen molar-refractivity contribution in [1.29, 1.82) is 0 Å². The molecule has 1 N–H and O–H groups in total. The lowest BCUT2D eigenvalue weighted by molar-refractivity contribution is -0.158. The summed E-state index contributed by atoms with van der Waals surface area (Å²) in [5, 5.41) is 16.1. The molecular formula is C35H47F3N6O5S. The van der Waals surface area contributed by atoms with Crippen LogP contribution in [0.5, 0.6) is 0 Å². The summed E-state index contributed by atoms with van der Waals surface area (Å²) >= 11 is 1.18. The highest BCUT2D eigenvalue weighted by Crippen LogP contribution is 2.40. The van der Waals surface area contributed by atoms with Crippen LogP contribution in [0.3, 0.4) is 0 Å². The fourth-order valence-electron chi connectivity index (χ4n) is 7.78. The van der Waals surface area contributed by atoms with E-state index in [0.717, 1.165) is 83.7 Å². The summed E-state index contributed by atoms with van der Waals surface area (Å²) in [5.74, 6) is -1.04. The van der Waals surface area contributed by atoms with Crippen molar-refractivity contribution in [3.8, 4) is 11.3 Å². The molecule has 0 saturated carbocycles. The first-order valence-electron chi connectivity index (χ1n) is 17.7. The van der Waals surface area contributed by atoms with Crippen LogP contribution in [0.1, 0.15) is 61.8 Å². The normalized spacial score (nSPS) is 20.3. The molecule has 11 nitrogen and oxygen atoms in total. The van der Waals surface area contributed by atoms with Gasteiger partial charge in [0.15, 0.2) is 0 Å². The highest BCUT2D eigenvalue weighted by Gasteiger charge is 2.36. The highest BCUT2D eigenvalue weighted by molar-refractivity contribution is 7.99. The van der Waals surface area contributed by atoms with E-state index in [9.17, 15) is 32.7 Å². The van der Waals surface area contributed by atoms with Crippen LogP contribution in [0, 0.1) is 0 Å². The molecule has 0 radical (unpaired) electrons. The zero-order valence-electron chi connectivity index (χ0n) is 28.6. The molecule has 1 unspecified atom stereocenters. The maximum atomic E-state index is 14.2. The Morgan fingerprint density at radius 2 is 1.76 bits per heavy atom. The molecule has 3 fully saturated rings. The van der Waals surface area contributed by atoms with Gasteiger partial charge < -0.3 is 29.4 Å². The molecule has 274 valence electrons. The van der Waals surface area contributed by atoms with Crippen molar-refractivity contribution in [2.24, 2.45) is 0 Å². The van der Waals surface area contributed by atoms with Gasteiger partial charge >= 0.3 is 18.1 Å². The molecule has 15 heteroatoms. The Morgan fingerprint density at radius 1 is 1.00 bits per heavy atom. The average molecular weight is 721 g/mol. The van der Waals surface area contributed by atoms with Gasteiger partial charge in [-0.1, -0.05) is 12.5 Å². The molecule has 1 aromatic carbocycles. The van der Waals surface area contributed by atoms with Crippen molar-refractivity contribution < 1.29 is 37.4 Å². The minimum Gasteiger partial charge on any atom is -0.462 e. The summed E-state index contributed by atoms with van der Waals surface area (Å²) in [4.78, 5) is 45.1. The van der Waals surface area contributed by atoms with Crippen molar-refractivity contribution in [3.63, 3.8) is 0 Å². The number of alkyl halides is 3. The molecule has 3 saturated heterocycles. The number of halogens is 3. The number of likely N-dealkylation sites (tertiary alicyclic amines) is 3. The third-order valence-corrected chi connectivity index (χ3v) is 11.5. The number of hydrogen-bond donors (Lipinski definition) is 1. The number of esters is 1. The number of thioether (sulfide) groups is 1. The number of carbonyl (C=O) groups excluding carboxylic acids is 3. The lowest BCUT2D eigenvalue weighted by Crippen LogP contribution is -2.47. The van der Waals surface area contributed by atoms with Crippen LogP contribution in [-0.4, -0.2) is 130 Å². The van der Waals surface area contributed by atoms with E-state index in [4.69, 9.17) is 5.10 Å². The number of piperidine rings is 2. The van der Waals surface area contributed by atoms with Crippen molar-refractivity contribution in [3.05, 3.63) is 35.0 Å². The van der Waals surface area contributed by atoms with E-state index in [1.54, 1.807) is 4.68 Å². The molecule has 6 rings (SSSR count). The summed E-state index contributed by atoms with van der Waals surface area (Å²) in [6, 6.07) is 4.28. The molecule has 50 heavy (non-hydrogen) atoms. The van der Waals surface area contributed by atoms with Crippen molar-refractivity contribution >= 4 is 29.5 Å². The second-order valence-corrected chi connectivity index (χ2v) is 14.9. The Morgan fingerprint density at radius 3 is 2.44 bits per heavy atom. The first-order valence-corrected chi connectivity index (χ1v) is 18.7. The Bertz CT molecular complexity index is 1540. The van der Waals surface area contributed by atoms with Crippen LogP contribution in [0.4, 0.5) is 13.2 Å². The molecule has 2 aromatic rings. The number of aliphatic hydroxyl groups is 1. The molecule has 1 atom stereocenters. The van der Waals surface area contributed by atoms with E-state index in [1.807, 2.05) is 4.90 Å². The fraction of sp³-hybridized carbons (Fsp3) is 0.657. The van der Waals surface area contributed by atoms with E-state index in [1.165, 1.54) is 35.2 Å². The molecular weight excluding hydrogens is 673 g/mol. The van der Waals surface area contributed by atoms with E-state index >= 15 is 0 Å². The third-order valence-electron chi connectivity index (χ3n) is 10.4. The van der Waals surface area contributed by atoms with Gasteiger partial charge in [-0.05, 0) is 57.3 Å². The number of nitrogens with zero attached hydrogens (tertiary/aromatic N) is 6. The predicted molar refractivity (Wildman–Crippen MR) is 181 cm³/mol. The van der Waals surface area contributed by atoms with Crippen LogP contribution >= 0.6 is 11.8 Å². The SMILES string of the molecule is COC(=O)C(=O)N1CCc2c(c(-c3ccc(C(F)(F)F)c(SCCN4CCCCC4)c3)nn2CC(O)CN2CCC(N3CCCC3=O)CC2)C1. The maximum absolute atomic E-state index is 14.2. The van der Waals surface area contributed by atoms with Gasteiger partial charge in [0.2, 0.25) is 5.91 Å². The summed E-state index contributed by atoms with van der Waals surface area (Å²) in [5.41, 5.74) is 1.62. The van der Waals surface area contributed by atoms with E-state index in [2.05, 4.69) is 14.5 Å². The maximum Gasteiger partial charge on any atom is 0.417 e. The van der Waals surface area contributed by atoms with Gasteiger partial charge in [0.1, 0.15) is 0 Å². The van der Waals surface area contributed by atoms with E-state index in [-0.39, 0.29) is 36.5 Å². The highest BCUT2D eigenvalue weighted by atomic mass is 32.2. The number of hydrogen-bond acceptors (Lipinski definition) is 9. The van der Waals surface area contributed by atoms with Crippen LogP contribution in [0.25, 0.3) is 11.3 Å². The Labute approximate surface area is 295 Å². The van der Waals surface area contributed by atoms with Crippen LogP contribution < -0.4 is 0 Å². The van der Waals surface area contributed by atoms with Gasteiger partial charge in [0, 0.05) is 85.6 Å². The first kappa shape index (κ1) is 36.6. The number of β-amino-alcohol motifs (C(OH)–C–C–N with tert-alkyl or cyclic N) is 1. The van der Waals surface area contributed by atoms with Crippen LogP contribution in [0.2, 0.25) is 0 Å². The number of methoxy groups -OCH3 is 1. The number of ether oxygens (including phenoxy) is 1. The van der Waals surface area contributed by atoms with Gasteiger partial charge in [-0.25, -0.2) is 4.79 Å². The lowest BCUT2D eigenvalue weighted by atomic mass is 9.99. The molecule has 0 spiro atoms. The second kappa shape index (κ2) is 16.0. The molecule has 0 aliphatic carbocycles. The van der Waals surface area contributed by atoms with Gasteiger partial charge in [-0.2, -0.15) is 18.3 Å².